The molecule has 2 aromatic heterocycles. The van der Waals surface area contributed by atoms with Crippen molar-refractivity contribution in [2.75, 3.05) is 20.2 Å². The molecule has 0 aliphatic rings. The number of ether oxygens (including phenoxy) is 1. The molecule has 0 amide bonds. The van der Waals surface area contributed by atoms with Crippen molar-refractivity contribution in [1.82, 2.24) is 30.8 Å². The van der Waals surface area contributed by atoms with Gasteiger partial charge in [0, 0.05) is 36.1 Å². The fraction of sp³-hybridized carbons (Fsp3) is 0.400. The molecule has 3 N–H and O–H groups in total. The number of guanidine groups is 1. The number of aromatic amines is 1. The molecule has 0 unspecified atom stereocenters. The number of hydrogen-bond donors (Lipinski definition) is 3. The number of nitrogens with zero attached hydrogens (tertiary/aromatic N) is 4. The lowest BCUT2D eigenvalue weighted by Gasteiger charge is -2.10. The highest BCUT2D eigenvalue weighted by Gasteiger charge is 2.07. The highest BCUT2D eigenvalue weighted by molar-refractivity contribution is 7.11. The molecule has 3 aromatic rings. The predicted octanol–water partition coefficient (Wildman–Crippen LogP) is 2.80. The van der Waals surface area contributed by atoms with Gasteiger partial charge in [-0.25, -0.2) is 15.0 Å². The topological polar surface area (TPSA) is 100 Å². The Kier molecular flexibility index (Phi) is 7.57. The van der Waals surface area contributed by atoms with E-state index in [4.69, 9.17) is 4.74 Å². The van der Waals surface area contributed by atoms with Gasteiger partial charge in [0.15, 0.2) is 11.8 Å². The maximum atomic E-state index is 5.18. The number of aliphatic imine (C=N–C) groups is 1. The average molecular weight is 414 g/mol. The zero-order valence-electron chi connectivity index (χ0n) is 17.0. The summed E-state index contributed by atoms with van der Waals surface area (Å²) >= 11 is 1.77. The Morgan fingerprint density at radius 2 is 2.03 bits per heavy atom. The molecular weight excluding hydrogens is 386 g/mol. The monoisotopic (exact) mass is 413 g/mol. The minimum Gasteiger partial charge on any atom is -0.497 e. The highest BCUT2D eigenvalue weighted by Crippen LogP contribution is 2.19. The fourth-order valence-corrected chi connectivity index (χ4v) is 3.51. The largest absolute Gasteiger partial charge is 0.497 e. The molecule has 0 atom stereocenters. The number of methoxy groups -OCH3 is 1. The fourth-order valence-electron chi connectivity index (χ4n) is 2.65. The summed E-state index contributed by atoms with van der Waals surface area (Å²) in [6, 6.07) is 7.65. The van der Waals surface area contributed by atoms with E-state index >= 15 is 0 Å². The summed E-state index contributed by atoms with van der Waals surface area (Å²) in [6.45, 7) is 6.17. The van der Waals surface area contributed by atoms with Gasteiger partial charge in [0.25, 0.3) is 0 Å². The number of benzene rings is 1. The average Bonchev–Trinajstić information content (AvgIpc) is 3.41. The van der Waals surface area contributed by atoms with E-state index in [2.05, 4.69) is 42.7 Å². The van der Waals surface area contributed by atoms with E-state index in [1.165, 1.54) is 4.88 Å². The molecule has 8 nitrogen and oxygen atoms in total. The van der Waals surface area contributed by atoms with Crippen LogP contribution in [0.15, 0.2) is 35.5 Å². The predicted molar refractivity (Wildman–Crippen MR) is 116 cm³/mol. The van der Waals surface area contributed by atoms with E-state index in [9.17, 15) is 0 Å². The lowest BCUT2D eigenvalue weighted by Crippen LogP contribution is -2.38. The van der Waals surface area contributed by atoms with E-state index in [-0.39, 0.29) is 0 Å². The van der Waals surface area contributed by atoms with E-state index in [0.717, 1.165) is 48.2 Å². The second-order valence-corrected chi connectivity index (χ2v) is 7.48. The number of H-pyrrole nitrogens is 1. The molecule has 0 spiro atoms. The lowest BCUT2D eigenvalue weighted by molar-refractivity contribution is 0.415. The van der Waals surface area contributed by atoms with E-state index in [1.807, 2.05) is 37.4 Å². The summed E-state index contributed by atoms with van der Waals surface area (Å²) in [6.07, 6.45) is 3.87. The molecule has 0 fully saturated rings. The molecule has 9 heteroatoms. The molecule has 0 saturated carbocycles. The number of aryl methyl sites for hydroxylation is 1. The van der Waals surface area contributed by atoms with E-state index in [1.54, 1.807) is 18.4 Å². The van der Waals surface area contributed by atoms with Gasteiger partial charge < -0.3 is 15.4 Å². The zero-order valence-corrected chi connectivity index (χ0v) is 17.8. The van der Waals surface area contributed by atoms with Crippen molar-refractivity contribution in [2.24, 2.45) is 4.99 Å². The van der Waals surface area contributed by atoms with Crippen LogP contribution in [0.3, 0.4) is 0 Å². The minimum atomic E-state index is 0.412. The Hall–Kier alpha value is -2.94. The summed E-state index contributed by atoms with van der Waals surface area (Å²) < 4.78 is 5.18. The van der Waals surface area contributed by atoms with Crippen LogP contribution in [0.5, 0.6) is 5.75 Å². The molecule has 3 rings (SSSR count). The Morgan fingerprint density at radius 1 is 1.21 bits per heavy atom. The van der Waals surface area contributed by atoms with Crippen molar-refractivity contribution < 1.29 is 4.74 Å². The second-order valence-electron chi connectivity index (χ2n) is 6.28. The minimum absolute atomic E-state index is 0.412. The first-order valence-corrected chi connectivity index (χ1v) is 10.5. The Labute approximate surface area is 174 Å². The van der Waals surface area contributed by atoms with Crippen LogP contribution in [0.1, 0.15) is 29.6 Å². The van der Waals surface area contributed by atoms with E-state index in [0.29, 0.717) is 18.2 Å². The van der Waals surface area contributed by atoms with Gasteiger partial charge >= 0.3 is 0 Å². The first kappa shape index (κ1) is 20.8. The maximum absolute atomic E-state index is 5.18. The molecule has 0 saturated heterocycles. The van der Waals surface area contributed by atoms with Crippen LogP contribution in [-0.2, 0) is 19.4 Å². The van der Waals surface area contributed by atoms with E-state index < -0.39 is 0 Å². The summed E-state index contributed by atoms with van der Waals surface area (Å²) in [5.74, 6) is 2.91. The molecule has 2 heterocycles. The molecule has 29 heavy (non-hydrogen) atoms. The highest BCUT2D eigenvalue weighted by atomic mass is 32.1. The normalized spacial score (nSPS) is 11.5. The molecule has 154 valence electrons. The van der Waals surface area contributed by atoms with Gasteiger partial charge in [-0.05, 0) is 37.6 Å². The summed E-state index contributed by atoms with van der Waals surface area (Å²) in [5.41, 5.74) is 0.928. The number of rotatable bonds is 9. The third-order valence-corrected chi connectivity index (χ3v) is 5.39. The molecule has 1 aromatic carbocycles. The maximum Gasteiger partial charge on any atom is 0.191 e. The smallest absolute Gasteiger partial charge is 0.191 e. The van der Waals surface area contributed by atoms with Gasteiger partial charge in [-0.1, -0.05) is 6.92 Å². The van der Waals surface area contributed by atoms with Crippen molar-refractivity contribution in [2.45, 2.75) is 33.2 Å². The van der Waals surface area contributed by atoms with Gasteiger partial charge in [-0.2, -0.15) is 5.10 Å². The van der Waals surface area contributed by atoms with Crippen LogP contribution in [0, 0.1) is 0 Å². The lowest BCUT2D eigenvalue weighted by atomic mass is 10.2. The molecule has 0 aliphatic carbocycles. The van der Waals surface area contributed by atoms with Gasteiger partial charge in [0.05, 0.1) is 12.1 Å². The number of nitrogens with one attached hydrogen (secondary N) is 3. The van der Waals surface area contributed by atoms with Crippen LogP contribution in [0.4, 0.5) is 0 Å². The first-order valence-electron chi connectivity index (χ1n) is 9.73. The summed E-state index contributed by atoms with van der Waals surface area (Å²) in [5, 5.41) is 15.0. The summed E-state index contributed by atoms with van der Waals surface area (Å²) in [7, 11) is 1.65. The number of aromatic nitrogens is 4. The second kappa shape index (κ2) is 10.6. The third-order valence-electron chi connectivity index (χ3n) is 4.19. The molecule has 0 radical (unpaired) electrons. The van der Waals surface area contributed by atoms with Gasteiger partial charge in [0.1, 0.15) is 18.1 Å². The number of thiazole rings is 1. The van der Waals surface area contributed by atoms with Gasteiger partial charge in [-0.3, -0.25) is 5.10 Å². The molecule has 0 aliphatic heterocycles. The van der Waals surface area contributed by atoms with Crippen LogP contribution in [0.25, 0.3) is 11.4 Å². The van der Waals surface area contributed by atoms with Crippen LogP contribution in [-0.4, -0.2) is 46.3 Å². The van der Waals surface area contributed by atoms with Crippen LogP contribution in [0.2, 0.25) is 0 Å². The molecular formula is C20H27N7OS. The molecule has 0 bridgehead atoms. The SMILES string of the molecule is CCNC(=NCc1nc(-c2ccc(OC)cc2)n[nH]1)NCCc1ncc(CC)s1. The van der Waals surface area contributed by atoms with Crippen molar-refractivity contribution >= 4 is 17.3 Å². The standard InChI is InChI=1S/C20H27N7OS/c1-4-16-12-23-18(29-16)10-11-22-20(21-5-2)24-13-17-25-19(27-26-17)14-6-8-15(28-3)9-7-14/h6-9,12H,4-5,10-11,13H2,1-3H3,(H2,21,22,24)(H,25,26,27). The van der Waals surface area contributed by atoms with Crippen molar-refractivity contribution in [3.05, 3.63) is 46.2 Å². The third kappa shape index (κ3) is 6.02. The summed E-state index contributed by atoms with van der Waals surface area (Å²) in [4.78, 5) is 14.9. The zero-order chi connectivity index (χ0) is 20.5. The Morgan fingerprint density at radius 3 is 2.72 bits per heavy atom. The Balaban J connectivity index is 1.55. The Bertz CT molecular complexity index is 917. The quantitative estimate of drug-likeness (QED) is 0.368. The van der Waals surface area contributed by atoms with Crippen LogP contribution < -0.4 is 15.4 Å². The van der Waals surface area contributed by atoms with Gasteiger partial charge in [-0.15, -0.1) is 11.3 Å². The van der Waals surface area contributed by atoms with Crippen molar-refractivity contribution in [3.8, 4) is 17.1 Å². The van der Waals surface area contributed by atoms with Crippen molar-refractivity contribution in [3.63, 3.8) is 0 Å². The van der Waals surface area contributed by atoms with Gasteiger partial charge in [0.2, 0.25) is 0 Å². The van der Waals surface area contributed by atoms with Crippen LogP contribution >= 0.6 is 11.3 Å². The number of hydrogen-bond acceptors (Lipinski definition) is 6. The van der Waals surface area contributed by atoms with Crippen molar-refractivity contribution in [1.29, 1.82) is 0 Å². The first-order chi connectivity index (χ1) is 14.2.